The van der Waals surface area contributed by atoms with Crippen molar-refractivity contribution in [3.05, 3.63) is 20.8 Å². The first-order valence-electron chi connectivity index (χ1n) is 5.81. The van der Waals surface area contributed by atoms with Crippen LogP contribution < -0.4 is 5.32 Å². The van der Waals surface area contributed by atoms with Gasteiger partial charge in [0, 0.05) is 25.7 Å². The number of rotatable bonds is 7. The molecule has 0 aliphatic heterocycles. The highest BCUT2D eigenvalue weighted by atomic mass is 79.9. The molecule has 2 nitrogen and oxygen atoms in total. The van der Waals surface area contributed by atoms with Gasteiger partial charge < -0.3 is 5.32 Å². The summed E-state index contributed by atoms with van der Waals surface area (Å²) >= 11 is 5.22. The molecule has 100 valence electrons. The summed E-state index contributed by atoms with van der Waals surface area (Å²) in [5.41, 5.74) is 1.37. The van der Waals surface area contributed by atoms with E-state index in [2.05, 4.69) is 58.4 Å². The lowest BCUT2D eigenvalue weighted by Gasteiger charge is -2.24. The first-order valence-corrected chi connectivity index (χ1v) is 7.48. The molecule has 0 atom stereocenters. The second kappa shape index (κ2) is 9.34. The van der Waals surface area contributed by atoms with E-state index in [1.54, 1.807) is 11.3 Å². The summed E-state index contributed by atoms with van der Waals surface area (Å²) in [5, 5.41) is 5.67. The molecule has 0 radical (unpaired) electrons. The Hall–Kier alpha value is 0.390. The Balaban J connectivity index is 0.00000256. The Kier molecular flexibility index (Phi) is 9.55. The van der Waals surface area contributed by atoms with Crippen molar-refractivity contribution in [3.63, 3.8) is 0 Å². The van der Waals surface area contributed by atoms with Crippen molar-refractivity contribution in [3.8, 4) is 0 Å². The highest BCUT2D eigenvalue weighted by Crippen LogP contribution is 2.20. The third-order valence-electron chi connectivity index (χ3n) is 2.66. The second-order valence-corrected chi connectivity index (χ2v) is 6.45. The summed E-state index contributed by atoms with van der Waals surface area (Å²) in [5.74, 6) is 0. The molecular weight excluding hydrogens is 320 g/mol. The lowest BCUT2D eigenvalue weighted by atomic mass is 10.3. The van der Waals surface area contributed by atoms with Crippen molar-refractivity contribution >= 4 is 39.7 Å². The average Bonchev–Trinajstić information content (AvgIpc) is 2.64. The van der Waals surface area contributed by atoms with E-state index in [0.29, 0.717) is 6.04 Å². The minimum atomic E-state index is 0. The molecule has 1 aromatic rings. The van der Waals surface area contributed by atoms with Crippen molar-refractivity contribution in [2.24, 2.45) is 0 Å². The Labute approximate surface area is 123 Å². The van der Waals surface area contributed by atoms with E-state index in [-0.39, 0.29) is 12.4 Å². The lowest BCUT2D eigenvalue weighted by Crippen LogP contribution is -2.36. The molecule has 0 unspecified atom stereocenters. The molecule has 0 aromatic carbocycles. The van der Waals surface area contributed by atoms with Gasteiger partial charge in [0.25, 0.3) is 0 Å². The van der Waals surface area contributed by atoms with Crippen molar-refractivity contribution in [2.45, 2.75) is 33.4 Å². The Morgan fingerprint density at radius 1 is 1.47 bits per heavy atom. The standard InChI is InChI=1S/C12H21BrN2S.ClH/c1-4-15(10(2)3)6-5-14-8-11-7-12(13)16-9-11;/h7,9-10,14H,4-6,8H2,1-3H3;1H. The summed E-state index contributed by atoms with van der Waals surface area (Å²) in [4.78, 5) is 2.47. The van der Waals surface area contributed by atoms with Crippen LogP contribution in [0.5, 0.6) is 0 Å². The normalized spacial score (nSPS) is 10.9. The summed E-state index contributed by atoms with van der Waals surface area (Å²) < 4.78 is 1.21. The number of nitrogens with zero attached hydrogens (tertiary/aromatic N) is 1. The van der Waals surface area contributed by atoms with E-state index >= 15 is 0 Å². The van der Waals surface area contributed by atoms with Gasteiger partial charge in [-0.25, -0.2) is 0 Å². The SMILES string of the molecule is CCN(CCNCc1csc(Br)c1)C(C)C.Cl. The smallest absolute Gasteiger partial charge is 0.0701 e. The zero-order valence-electron chi connectivity index (χ0n) is 10.7. The number of likely N-dealkylation sites (N-methyl/N-ethyl adjacent to an activating group) is 1. The summed E-state index contributed by atoms with van der Waals surface area (Å²) in [7, 11) is 0. The van der Waals surface area contributed by atoms with Crippen molar-refractivity contribution in [1.29, 1.82) is 0 Å². The van der Waals surface area contributed by atoms with Crippen LogP contribution in [0.3, 0.4) is 0 Å². The largest absolute Gasteiger partial charge is 0.311 e. The molecule has 1 rings (SSSR count). The van der Waals surface area contributed by atoms with E-state index in [4.69, 9.17) is 0 Å². The first-order chi connectivity index (χ1) is 7.63. The third-order valence-corrected chi connectivity index (χ3v) is 4.22. The fraction of sp³-hybridized carbons (Fsp3) is 0.667. The van der Waals surface area contributed by atoms with Crippen molar-refractivity contribution < 1.29 is 0 Å². The monoisotopic (exact) mass is 340 g/mol. The molecule has 0 amide bonds. The van der Waals surface area contributed by atoms with E-state index < -0.39 is 0 Å². The van der Waals surface area contributed by atoms with Crippen LogP contribution in [-0.2, 0) is 6.54 Å². The topological polar surface area (TPSA) is 15.3 Å². The van der Waals surface area contributed by atoms with E-state index in [0.717, 1.165) is 26.2 Å². The highest BCUT2D eigenvalue weighted by Gasteiger charge is 2.05. The molecule has 0 saturated carbocycles. The summed E-state index contributed by atoms with van der Waals surface area (Å²) in [6, 6.07) is 2.82. The number of nitrogens with one attached hydrogen (secondary N) is 1. The fourth-order valence-corrected chi connectivity index (χ4v) is 2.88. The van der Waals surface area contributed by atoms with Crippen LogP contribution in [0.4, 0.5) is 0 Å². The van der Waals surface area contributed by atoms with Gasteiger partial charge in [-0.2, -0.15) is 0 Å². The first kappa shape index (κ1) is 17.4. The molecule has 0 saturated heterocycles. The number of hydrogen-bond acceptors (Lipinski definition) is 3. The minimum absolute atomic E-state index is 0. The van der Waals surface area contributed by atoms with Crippen LogP contribution in [0.15, 0.2) is 15.2 Å². The summed E-state index contributed by atoms with van der Waals surface area (Å²) in [6.45, 7) is 11.0. The maximum atomic E-state index is 3.48. The molecule has 1 N–H and O–H groups in total. The van der Waals surface area contributed by atoms with Gasteiger partial charge in [0.2, 0.25) is 0 Å². The van der Waals surface area contributed by atoms with Gasteiger partial charge in [-0.3, -0.25) is 4.90 Å². The van der Waals surface area contributed by atoms with Gasteiger partial charge in [-0.05, 0) is 53.3 Å². The molecule has 1 heterocycles. The van der Waals surface area contributed by atoms with Gasteiger partial charge in [0.05, 0.1) is 3.79 Å². The average molecular weight is 342 g/mol. The van der Waals surface area contributed by atoms with Crippen LogP contribution >= 0.6 is 39.7 Å². The molecule has 0 fully saturated rings. The van der Waals surface area contributed by atoms with Crippen LogP contribution in [0.1, 0.15) is 26.3 Å². The quantitative estimate of drug-likeness (QED) is 0.760. The maximum Gasteiger partial charge on any atom is 0.0701 e. The molecule has 17 heavy (non-hydrogen) atoms. The third kappa shape index (κ3) is 6.77. The van der Waals surface area contributed by atoms with Gasteiger partial charge in [0.15, 0.2) is 0 Å². The Morgan fingerprint density at radius 2 is 2.18 bits per heavy atom. The molecule has 0 bridgehead atoms. The van der Waals surface area contributed by atoms with Crippen molar-refractivity contribution in [2.75, 3.05) is 19.6 Å². The molecule has 0 aliphatic carbocycles. The number of thiophene rings is 1. The van der Waals surface area contributed by atoms with E-state index in [1.807, 2.05) is 0 Å². The van der Waals surface area contributed by atoms with Crippen molar-refractivity contribution in [1.82, 2.24) is 10.2 Å². The molecular formula is C12H22BrClN2S. The van der Waals surface area contributed by atoms with E-state index in [9.17, 15) is 0 Å². The molecule has 0 aliphatic rings. The van der Waals surface area contributed by atoms with Gasteiger partial charge in [-0.1, -0.05) is 6.92 Å². The van der Waals surface area contributed by atoms with Crippen LogP contribution in [0, 0.1) is 0 Å². The molecule has 5 heteroatoms. The van der Waals surface area contributed by atoms with Gasteiger partial charge >= 0.3 is 0 Å². The number of halogens is 2. The van der Waals surface area contributed by atoms with Crippen LogP contribution in [-0.4, -0.2) is 30.6 Å². The fourth-order valence-electron chi connectivity index (χ4n) is 1.68. The molecule has 1 aromatic heterocycles. The van der Waals surface area contributed by atoms with E-state index in [1.165, 1.54) is 9.35 Å². The van der Waals surface area contributed by atoms with Gasteiger partial charge in [-0.15, -0.1) is 23.7 Å². The Bertz CT molecular complexity index is 304. The lowest BCUT2D eigenvalue weighted by molar-refractivity contribution is 0.233. The summed E-state index contributed by atoms with van der Waals surface area (Å²) in [6.07, 6.45) is 0. The van der Waals surface area contributed by atoms with Crippen LogP contribution in [0.25, 0.3) is 0 Å². The zero-order valence-corrected chi connectivity index (χ0v) is 13.9. The van der Waals surface area contributed by atoms with Crippen LogP contribution in [0.2, 0.25) is 0 Å². The predicted octanol–water partition coefficient (Wildman–Crippen LogP) is 3.75. The molecule has 0 spiro atoms. The second-order valence-electron chi connectivity index (χ2n) is 4.16. The highest BCUT2D eigenvalue weighted by molar-refractivity contribution is 9.11. The number of hydrogen-bond donors (Lipinski definition) is 1. The Morgan fingerprint density at radius 3 is 2.65 bits per heavy atom. The maximum absolute atomic E-state index is 3.48. The minimum Gasteiger partial charge on any atom is -0.311 e. The predicted molar refractivity (Wildman–Crippen MR) is 83.4 cm³/mol. The van der Waals surface area contributed by atoms with Gasteiger partial charge in [0.1, 0.15) is 0 Å². The zero-order chi connectivity index (χ0) is 12.0.